The summed E-state index contributed by atoms with van der Waals surface area (Å²) in [6.45, 7) is 5.03. The van der Waals surface area contributed by atoms with E-state index in [0.29, 0.717) is 22.8 Å². The molecule has 0 aliphatic rings. The molecule has 0 aliphatic heterocycles. The third kappa shape index (κ3) is 2.85. The zero-order valence-electron chi connectivity index (χ0n) is 11.5. The Hall–Kier alpha value is -1.81. The van der Waals surface area contributed by atoms with Crippen molar-refractivity contribution in [1.29, 1.82) is 0 Å². The number of Topliss-reactive ketones (excluding diaryl/α,β-unsaturated/α-hetero) is 1. The average molecular weight is 295 g/mol. The summed E-state index contributed by atoms with van der Waals surface area (Å²) in [7, 11) is 0. The van der Waals surface area contributed by atoms with E-state index in [1.807, 2.05) is 6.92 Å². The van der Waals surface area contributed by atoms with Gasteiger partial charge in [0.25, 0.3) is 0 Å². The molecule has 0 saturated heterocycles. The fourth-order valence-electron chi connectivity index (χ4n) is 1.88. The number of hydrogen-bond donors (Lipinski definition) is 0. The highest BCUT2D eigenvalue weighted by Crippen LogP contribution is 2.32. The van der Waals surface area contributed by atoms with Crippen molar-refractivity contribution in [3.8, 4) is 5.75 Å². The molecule has 0 N–H and O–H groups in total. The first kappa shape index (κ1) is 14.6. The molecule has 1 aromatic heterocycles. The smallest absolute Gasteiger partial charge is 0.336 e. The molecule has 106 valence electrons. The van der Waals surface area contributed by atoms with E-state index in [9.17, 15) is 9.59 Å². The second-order valence-electron chi connectivity index (χ2n) is 4.59. The van der Waals surface area contributed by atoms with Gasteiger partial charge in [0.1, 0.15) is 11.3 Å². The summed E-state index contributed by atoms with van der Waals surface area (Å²) in [4.78, 5) is 22.7. The minimum Gasteiger partial charge on any atom is -0.481 e. The Balaban J connectivity index is 2.57. The van der Waals surface area contributed by atoms with Crippen LogP contribution in [0, 0.1) is 0 Å². The van der Waals surface area contributed by atoms with Crippen LogP contribution in [0.4, 0.5) is 0 Å². The van der Waals surface area contributed by atoms with Crippen molar-refractivity contribution >= 4 is 28.4 Å². The molecule has 20 heavy (non-hydrogen) atoms. The minimum atomic E-state index is -0.606. The SMILES string of the molecule is CCc1cc(=O)oc2cc(O[C@H](C)C(C)=O)c(Cl)cc12. The van der Waals surface area contributed by atoms with Crippen LogP contribution in [0.25, 0.3) is 11.0 Å². The van der Waals surface area contributed by atoms with Gasteiger partial charge in [0, 0.05) is 17.5 Å². The van der Waals surface area contributed by atoms with Crippen molar-refractivity contribution in [3.63, 3.8) is 0 Å². The normalized spacial score (nSPS) is 12.4. The van der Waals surface area contributed by atoms with Gasteiger partial charge in [-0.1, -0.05) is 18.5 Å². The van der Waals surface area contributed by atoms with E-state index in [1.165, 1.54) is 13.0 Å². The summed E-state index contributed by atoms with van der Waals surface area (Å²) in [6, 6.07) is 4.70. The van der Waals surface area contributed by atoms with Crippen LogP contribution in [0.15, 0.2) is 27.4 Å². The van der Waals surface area contributed by atoms with Crippen molar-refractivity contribution in [2.75, 3.05) is 0 Å². The van der Waals surface area contributed by atoms with Gasteiger partial charge in [-0.05, 0) is 31.9 Å². The van der Waals surface area contributed by atoms with E-state index in [-0.39, 0.29) is 5.78 Å². The number of ether oxygens (including phenoxy) is 1. The maximum atomic E-state index is 11.5. The van der Waals surface area contributed by atoms with Crippen LogP contribution < -0.4 is 10.4 Å². The van der Waals surface area contributed by atoms with E-state index in [2.05, 4.69) is 0 Å². The zero-order valence-corrected chi connectivity index (χ0v) is 12.3. The molecule has 0 saturated carbocycles. The first-order valence-corrected chi connectivity index (χ1v) is 6.73. The number of carbonyl (C=O) groups is 1. The van der Waals surface area contributed by atoms with Crippen molar-refractivity contribution < 1.29 is 13.9 Å². The predicted molar refractivity (Wildman–Crippen MR) is 77.6 cm³/mol. The Morgan fingerprint density at radius 2 is 2.10 bits per heavy atom. The monoisotopic (exact) mass is 294 g/mol. The molecular formula is C15H15ClO4. The molecule has 0 bridgehead atoms. The number of benzene rings is 1. The quantitative estimate of drug-likeness (QED) is 0.811. The third-order valence-corrected chi connectivity index (χ3v) is 3.44. The van der Waals surface area contributed by atoms with Gasteiger partial charge >= 0.3 is 5.63 Å². The number of hydrogen-bond acceptors (Lipinski definition) is 4. The first-order chi connectivity index (χ1) is 9.42. The number of fused-ring (bicyclic) bond motifs is 1. The van der Waals surface area contributed by atoms with Crippen molar-refractivity contribution in [3.05, 3.63) is 39.2 Å². The summed E-state index contributed by atoms with van der Waals surface area (Å²) < 4.78 is 10.6. The molecule has 0 aliphatic carbocycles. The molecule has 0 fully saturated rings. The lowest BCUT2D eigenvalue weighted by molar-refractivity contribution is -0.122. The molecule has 0 spiro atoms. The van der Waals surface area contributed by atoms with Crippen LogP contribution >= 0.6 is 11.6 Å². The molecule has 0 amide bonds. The van der Waals surface area contributed by atoms with Crippen LogP contribution in [-0.4, -0.2) is 11.9 Å². The van der Waals surface area contributed by atoms with Gasteiger partial charge < -0.3 is 9.15 Å². The average Bonchev–Trinajstić information content (AvgIpc) is 2.39. The number of carbonyl (C=O) groups excluding carboxylic acids is 1. The van der Waals surface area contributed by atoms with Gasteiger partial charge in [-0.15, -0.1) is 0 Å². The van der Waals surface area contributed by atoms with Gasteiger partial charge in [-0.2, -0.15) is 0 Å². The summed E-state index contributed by atoms with van der Waals surface area (Å²) in [5.74, 6) is 0.225. The molecule has 0 unspecified atom stereocenters. The van der Waals surface area contributed by atoms with E-state index < -0.39 is 11.7 Å². The Bertz CT molecular complexity index is 718. The summed E-state index contributed by atoms with van der Waals surface area (Å²) in [5, 5.41) is 1.16. The Morgan fingerprint density at radius 3 is 2.70 bits per heavy atom. The summed E-state index contributed by atoms with van der Waals surface area (Å²) in [6.07, 6.45) is 0.0914. The van der Waals surface area contributed by atoms with E-state index >= 15 is 0 Å². The Kier molecular flexibility index (Phi) is 4.14. The molecule has 4 nitrogen and oxygen atoms in total. The van der Waals surface area contributed by atoms with Gasteiger partial charge in [-0.3, -0.25) is 4.79 Å². The predicted octanol–water partition coefficient (Wildman–Crippen LogP) is 3.37. The van der Waals surface area contributed by atoms with Crippen LogP contribution in [0.5, 0.6) is 5.75 Å². The number of ketones is 1. The first-order valence-electron chi connectivity index (χ1n) is 6.35. The highest BCUT2D eigenvalue weighted by molar-refractivity contribution is 6.32. The molecule has 1 atom stereocenters. The van der Waals surface area contributed by atoms with Crippen molar-refractivity contribution in [2.24, 2.45) is 0 Å². The second kappa shape index (κ2) is 5.67. The lowest BCUT2D eigenvalue weighted by atomic mass is 10.1. The van der Waals surface area contributed by atoms with E-state index in [4.69, 9.17) is 20.8 Å². The number of halogens is 1. The van der Waals surface area contributed by atoms with Gasteiger partial charge in [0.2, 0.25) is 0 Å². The van der Waals surface area contributed by atoms with Gasteiger partial charge in [0.05, 0.1) is 5.02 Å². The third-order valence-electron chi connectivity index (χ3n) is 3.14. The molecule has 0 radical (unpaired) electrons. The van der Waals surface area contributed by atoms with E-state index in [1.54, 1.807) is 19.1 Å². The fraction of sp³-hybridized carbons (Fsp3) is 0.333. The topological polar surface area (TPSA) is 56.5 Å². The van der Waals surface area contributed by atoms with Crippen molar-refractivity contribution in [1.82, 2.24) is 0 Å². The zero-order chi connectivity index (χ0) is 14.9. The Labute approximate surface area is 121 Å². The maximum Gasteiger partial charge on any atom is 0.336 e. The van der Waals surface area contributed by atoms with Crippen LogP contribution in [-0.2, 0) is 11.2 Å². The Morgan fingerprint density at radius 1 is 1.40 bits per heavy atom. The molecular weight excluding hydrogens is 280 g/mol. The molecule has 1 heterocycles. The summed E-state index contributed by atoms with van der Waals surface area (Å²) >= 11 is 6.16. The van der Waals surface area contributed by atoms with Gasteiger partial charge in [-0.25, -0.2) is 4.79 Å². The highest BCUT2D eigenvalue weighted by Gasteiger charge is 2.14. The minimum absolute atomic E-state index is 0.107. The fourth-order valence-corrected chi connectivity index (χ4v) is 2.09. The molecule has 2 aromatic rings. The number of aryl methyl sites for hydroxylation is 1. The molecule has 5 heteroatoms. The highest BCUT2D eigenvalue weighted by atomic mass is 35.5. The lowest BCUT2D eigenvalue weighted by Crippen LogP contribution is -2.20. The van der Waals surface area contributed by atoms with Crippen LogP contribution in [0.3, 0.4) is 0 Å². The summed E-state index contributed by atoms with van der Waals surface area (Å²) in [5.41, 5.74) is 0.857. The maximum absolute atomic E-state index is 11.5. The molecule has 2 rings (SSSR count). The van der Waals surface area contributed by atoms with Crippen molar-refractivity contribution in [2.45, 2.75) is 33.3 Å². The van der Waals surface area contributed by atoms with Crippen LogP contribution in [0.1, 0.15) is 26.3 Å². The number of rotatable bonds is 4. The largest absolute Gasteiger partial charge is 0.481 e. The molecule has 1 aromatic carbocycles. The van der Waals surface area contributed by atoms with Gasteiger partial charge in [0.15, 0.2) is 11.9 Å². The van der Waals surface area contributed by atoms with Crippen LogP contribution in [0.2, 0.25) is 5.02 Å². The lowest BCUT2D eigenvalue weighted by Gasteiger charge is -2.14. The standard InChI is InChI=1S/C15H15ClO4/c1-4-10-5-15(18)20-13-7-14(12(16)6-11(10)13)19-9(3)8(2)17/h5-7,9H,4H2,1-3H3/t9-/m1/s1. The van der Waals surface area contributed by atoms with E-state index in [0.717, 1.165) is 10.9 Å². The second-order valence-corrected chi connectivity index (χ2v) is 5.00.